The van der Waals surface area contributed by atoms with E-state index in [-0.39, 0.29) is 0 Å². The van der Waals surface area contributed by atoms with Crippen LogP contribution in [-0.4, -0.2) is 16.6 Å². The Bertz CT molecular complexity index is 358. The molecular formula is C15H25BrN2O. The second kappa shape index (κ2) is 10.2. The van der Waals surface area contributed by atoms with Crippen LogP contribution in [0.5, 0.6) is 5.88 Å². The van der Waals surface area contributed by atoms with Gasteiger partial charge < -0.3 is 4.74 Å². The zero-order valence-electron chi connectivity index (χ0n) is 12.1. The Morgan fingerprint density at radius 1 is 1.00 bits per heavy atom. The highest BCUT2D eigenvalue weighted by molar-refractivity contribution is 9.10. The number of hydrogen-bond donors (Lipinski definition) is 0. The van der Waals surface area contributed by atoms with Crippen LogP contribution >= 0.6 is 15.9 Å². The van der Waals surface area contributed by atoms with Gasteiger partial charge in [-0.2, -0.15) is 4.98 Å². The van der Waals surface area contributed by atoms with Crippen LogP contribution in [0.4, 0.5) is 0 Å². The van der Waals surface area contributed by atoms with E-state index in [1.165, 1.54) is 32.1 Å². The molecule has 1 aromatic rings. The molecule has 0 spiro atoms. The Morgan fingerprint density at radius 2 is 1.74 bits per heavy atom. The summed E-state index contributed by atoms with van der Waals surface area (Å²) in [7, 11) is 0. The number of aryl methyl sites for hydroxylation is 1. The normalized spacial score (nSPS) is 10.7. The number of hydrogen-bond acceptors (Lipinski definition) is 3. The SMILES string of the molecule is CCCCCCCCOc1cc(Br)nc(CCC)n1. The summed E-state index contributed by atoms with van der Waals surface area (Å²) in [6, 6.07) is 1.84. The summed E-state index contributed by atoms with van der Waals surface area (Å²) in [5.41, 5.74) is 0. The molecular weight excluding hydrogens is 304 g/mol. The fourth-order valence-electron chi connectivity index (χ4n) is 1.91. The first kappa shape index (κ1) is 16.4. The van der Waals surface area contributed by atoms with Gasteiger partial charge in [-0.25, -0.2) is 4.98 Å². The van der Waals surface area contributed by atoms with Gasteiger partial charge in [0.1, 0.15) is 10.4 Å². The number of halogens is 1. The number of rotatable bonds is 10. The molecule has 0 atom stereocenters. The van der Waals surface area contributed by atoms with Crippen LogP contribution in [0, 0.1) is 0 Å². The summed E-state index contributed by atoms with van der Waals surface area (Å²) in [5.74, 6) is 1.55. The van der Waals surface area contributed by atoms with Crippen molar-refractivity contribution < 1.29 is 4.74 Å². The topological polar surface area (TPSA) is 35.0 Å². The molecule has 0 bridgehead atoms. The van der Waals surface area contributed by atoms with E-state index in [1.807, 2.05) is 6.07 Å². The van der Waals surface area contributed by atoms with Crippen molar-refractivity contribution in [2.45, 2.75) is 65.2 Å². The van der Waals surface area contributed by atoms with Gasteiger partial charge in [0.15, 0.2) is 0 Å². The molecule has 0 saturated heterocycles. The van der Waals surface area contributed by atoms with Crippen LogP contribution in [0.15, 0.2) is 10.7 Å². The van der Waals surface area contributed by atoms with Crippen LogP contribution in [0.2, 0.25) is 0 Å². The van der Waals surface area contributed by atoms with Crippen molar-refractivity contribution in [3.05, 3.63) is 16.5 Å². The van der Waals surface area contributed by atoms with Gasteiger partial charge in [0.2, 0.25) is 5.88 Å². The minimum atomic E-state index is 0.693. The van der Waals surface area contributed by atoms with Crippen LogP contribution in [0.25, 0.3) is 0 Å². The Morgan fingerprint density at radius 3 is 2.47 bits per heavy atom. The molecule has 1 rings (SSSR count). The predicted molar refractivity (Wildman–Crippen MR) is 82.6 cm³/mol. The number of unbranched alkanes of at least 4 members (excludes halogenated alkanes) is 5. The molecule has 0 N–H and O–H groups in total. The van der Waals surface area contributed by atoms with Crippen molar-refractivity contribution in [1.29, 1.82) is 0 Å². The highest BCUT2D eigenvalue weighted by atomic mass is 79.9. The standard InChI is InChI=1S/C15H25BrN2O/c1-3-5-6-7-8-9-11-19-15-12-13(16)17-14(18-15)10-4-2/h12H,3-11H2,1-2H3. The molecule has 0 aliphatic rings. The van der Waals surface area contributed by atoms with E-state index in [2.05, 4.69) is 39.7 Å². The van der Waals surface area contributed by atoms with Crippen molar-refractivity contribution in [3.8, 4) is 5.88 Å². The average Bonchev–Trinajstić information content (AvgIpc) is 2.37. The Hall–Kier alpha value is -0.640. The van der Waals surface area contributed by atoms with Gasteiger partial charge in [-0.1, -0.05) is 46.0 Å². The van der Waals surface area contributed by atoms with Gasteiger partial charge >= 0.3 is 0 Å². The zero-order valence-corrected chi connectivity index (χ0v) is 13.7. The molecule has 0 aromatic carbocycles. The van der Waals surface area contributed by atoms with Gasteiger partial charge in [0.05, 0.1) is 6.61 Å². The summed E-state index contributed by atoms with van der Waals surface area (Å²) >= 11 is 3.40. The lowest BCUT2D eigenvalue weighted by molar-refractivity contribution is 0.291. The summed E-state index contributed by atoms with van der Waals surface area (Å²) in [6.45, 7) is 5.12. The van der Waals surface area contributed by atoms with Crippen molar-refractivity contribution in [3.63, 3.8) is 0 Å². The maximum absolute atomic E-state index is 5.70. The highest BCUT2D eigenvalue weighted by Crippen LogP contribution is 2.16. The number of aromatic nitrogens is 2. The molecule has 0 amide bonds. The quantitative estimate of drug-likeness (QED) is 0.451. The summed E-state index contributed by atoms with van der Waals surface area (Å²) < 4.78 is 6.51. The Labute approximate surface area is 125 Å². The van der Waals surface area contributed by atoms with Gasteiger partial charge in [-0.05, 0) is 28.8 Å². The van der Waals surface area contributed by atoms with E-state index in [0.29, 0.717) is 5.88 Å². The molecule has 0 fully saturated rings. The van der Waals surface area contributed by atoms with Crippen LogP contribution in [-0.2, 0) is 6.42 Å². The summed E-state index contributed by atoms with van der Waals surface area (Å²) in [6.07, 6.45) is 9.59. The molecule has 0 aliphatic carbocycles. The zero-order chi connectivity index (χ0) is 13.9. The van der Waals surface area contributed by atoms with Gasteiger partial charge in [-0.3, -0.25) is 0 Å². The Kier molecular flexibility index (Phi) is 8.80. The largest absolute Gasteiger partial charge is 0.478 e. The molecule has 0 aliphatic heterocycles. The van der Waals surface area contributed by atoms with Crippen molar-refractivity contribution in [2.24, 2.45) is 0 Å². The molecule has 1 aromatic heterocycles. The molecule has 19 heavy (non-hydrogen) atoms. The molecule has 0 saturated carbocycles. The molecule has 1 heterocycles. The maximum Gasteiger partial charge on any atom is 0.217 e. The Balaban J connectivity index is 2.25. The maximum atomic E-state index is 5.70. The van der Waals surface area contributed by atoms with E-state index in [0.717, 1.165) is 36.3 Å². The smallest absolute Gasteiger partial charge is 0.217 e. The predicted octanol–water partition coefficient (Wildman–Crippen LogP) is 4.93. The van der Waals surface area contributed by atoms with Gasteiger partial charge in [0, 0.05) is 12.5 Å². The van der Waals surface area contributed by atoms with Gasteiger partial charge in [0.25, 0.3) is 0 Å². The third-order valence-electron chi connectivity index (χ3n) is 2.94. The molecule has 3 nitrogen and oxygen atoms in total. The van der Waals surface area contributed by atoms with Gasteiger partial charge in [-0.15, -0.1) is 0 Å². The second-order valence-electron chi connectivity index (χ2n) is 4.81. The fraction of sp³-hybridized carbons (Fsp3) is 0.733. The minimum absolute atomic E-state index is 0.693. The first-order chi connectivity index (χ1) is 9.26. The van der Waals surface area contributed by atoms with E-state index in [1.54, 1.807) is 0 Å². The molecule has 108 valence electrons. The lowest BCUT2D eigenvalue weighted by Crippen LogP contribution is -2.03. The number of ether oxygens (including phenoxy) is 1. The molecule has 0 unspecified atom stereocenters. The van der Waals surface area contributed by atoms with Crippen molar-refractivity contribution >= 4 is 15.9 Å². The average molecular weight is 329 g/mol. The van der Waals surface area contributed by atoms with Crippen molar-refractivity contribution in [2.75, 3.05) is 6.61 Å². The van der Waals surface area contributed by atoms with Crippen molar-refractivity contribution in [1.82, 2.24) is 9.97 Å². The second-order valence-corrected chi connectivity index (χ2v) is 5.62. The monoisotopic (exact) mass is 328 g/mol. The first-order valence-electron chi connectivity index (χ1n) is 7.42. The highest BCUT2D eigenvalue weighted by Gasteiger charge is 2.03. The van der Waals surface area contributed by atoms with E-state index >= 15 is 0 Å². The molecule has 0 radical (unpaired) electrons. The van der Waals surface area contributed by atoms with E-state index in [4.69, 9.17) is 4.74 Å². The van der Waals surface area contributed by atoms with Crippen LogP contribution in [0.3, 0.4) is 0 Å². The first-order valence-corrected chi connectivity index (χ1v) is 8.21. The minimum Gasteiger partial charge on any atom is -0.478 e. The van der Waals surface area contributed by atoms with Crippen LogP contribution < -0.4 is 4.74 Å². The van der Waals surface area contributed by atoms with E-state index < -0.39 is 0 Å². The lowest BCUT2D eigenvalue weighted by Gasteiger charge is -2.07. The fourth-order valence-corrected chi connectivity index (χ4v) is 2.31. The van der Waals surface area contributed by atoms with Crippen LogP contribution in [0.1, 0.15) is 64.6 Å². The van der Waals surface area contributed by atoms with E-state index in [9.17, 15) is 0 Å². The summed E-state index contributed by atoms with van der Waals surface area (Å²) in [5, 5.41) is 0. The summed E-state index contributed by atoms with van der Waals surface area (Å²) in [4.78, 5) is 8.73. The third-order valence-corrected chi connectivity index (χ3v) is 3.35. The molecule has 4 heteroatoms. The number of nitrogens with zero attached hydrogens (tertiary/aromatic N) is 2. The third kappa shape index (κ3) is 7.51. The lowest BCUT2D eigenvalue weighted by atomic mass is 10.1.